The number of piperazine rings is 1. The third kappa shape index (κ3) is 2.54. The smallest absolute Gasteiger partial charge is 0.258 e. The molecule has 3 nitrogen and oxygen atoms in total. The van der Waals surface area contributed by atoms with Crippen LogP contribution in [0.1, 0.15) is 10.4 Å². The highest BCUT2D eigenvalue weighted by atomic mass is 79.9. The highest BCUT2D eigenvalue weighted by molar-refractivity contribution is 9.10. The fourth-order valence-electron chi connectivity index (χ4n) is 1.89. The molecule has 6 heteroatoms. The van der Waals surface area contributed by atoms with Crippen molar-refractivity contribution in [2.24, 2.45) is 0 Å². The fraction of sp³-hybridized carbons (Fsp3) is 0.417. The largest absolute Gasteiger partial charge is 0.336 e. The minimum absolute atomic E-state index is 0.223. The van der Waals surface area contributed by atoms with E-state index in [1.54, 1.807) is 4.90 Å². The first-order chi connectivity index (χ1) is 8.50. The Labute approximate surface area is 112 Å². The van der Waals surface area contributed by atoms with E-state index in [1.807, 2.05) is 7.05 Å². The molecule has 0 saturated carbocycles. The van der Waals surface area contributed by atoms with Gasteiger partial charge in [-0.25, -0.2) is 8.78 Å². The van der Waals surface area contributed by atoms with Crippen molar-refractivity contribution in [1.82, 2.24) is 9.80 Å². The number of benzene rings is 1. The molecule has 1 amide bonds. The van der Waals surface area contributed by atoms with Crippen LogP contribution in [0.4, 0.5) is 8.78 Å². The SMILES string of the molecule is CN1CCN(C(=O)c2c(Br)ccc(F)c2F)CC1. The molecule has 0 bridgehead atoms. The van der Waals surface area contributed by atoms with Gasteiger partial charge in [0.15, 0.2) is 11.6 Å². The lowest BCUT2D eigenvalue weighted by Gasteiger charge is -2.32. The van der Waals surface area contributed by atoms with Crippen molar-refractivity contribution in [3.05, 3.63) is 33.8 Å². The van der Waals surface area contributed by atoms with Gasteiger partial charge in [-0.1, -0.05) is 0 Å². The lowest BCUT2D eigenvalue weighted by atomic mass is 10.1. The van der Waals surface area contributed by atoms with Crippen molar-refractivity contribution >= 4 is 21.8 Å². The molecule has 0 aliphatic carbocycles. The van der Waals surface area contributed by atoms with E-state index in [4.69, 9.17) is 0 Å². The first kappa shape index (κ1) is 13.4. The van der Waals surface area contributed by atoms with Gasteiger partial charge in [-0.05, 0) is 35.1 Å². The number of likely N-dealkylation sites (N-methyl/N-ethyl adjacent to an activating group) is 1. The van der Waals surface area contributed by atoms with Gasteiger partial charge in [-0.2, -0.15) is 0 Å². The van der Waals surface area contributed by atoms with Gasteiger partial charge in [0.1, 0.15) is 0 Å². The highest BCUT2D eigenvalue weighted by Gasteiger charge is 2.26. The van der Waals surface area contributed by atoms with Gasteiger partial charge in [0.25, 0.3) is 5.91 Å². The zero-order chi connectivity index (χ0) is 13.3. The van der Waals surface area contributed by atoms with Crippen LogP contribution in [0, 0.1) is 11.6 Å². The van der Waals surface area contributed by atoms with Crippen LogP contribution in [0.25, 0.3) is 0 Å². The van der Waals surface area contributed by atoms with Gasteiger partial charge in [-0.15, -0.1) is 0 Å². The average molecular weight is 319 g/mol. The summed E-state index contributed by atoms with van der Waals surface area (Å²) in [5, 5.41) is 0. The van der Waals surface area contributed by atoms with Gasteiger partial charge < -0.3 is 9.80 Å². The summed E-state index contributed by atoms with van der Waals surface area (Å²) in [6, 6.07) is 2.35. The molecular formula is C12H13BrF2N2O. The van der Waals surface area contributed by atoms with Gasteiger partial charge in [0.2, 0.25) is 0 Å². The number of nitrogens with zero attached hydrogens (tertiary/aromatic N) is 2. The topological polar surface area (TPSA) is 23.6 Å². The van der Waals surface area contributed by atoms with E-state index in [9.17, 15) is 13.6 Å². The Bertz CT molecular complexity index is 473. The number of hydrogen-bond donors (Lipinski definition) is 0. The summed E-state index contributed by atoms with van der Waals surface area (Å²) in [7, 11) is 1.96. The Balaban J connectivity index is 2.26. The Hall–Kier alpha value is -1.01. The zero-order valence-corrected chi connectivity index (χ0v) is 11.5. The monoisotopic (exact) mass is 318 g/mol. The quantitative estimate of drug-likeness (QED) is 0.740. The third-order valence-corrected chi connectivity index (χ3v) is 3.71. The van der Waals surface area contributed by atoms with Crippen LogP contribution in [0.3, 0.4) is 0 Å². The first-order valence-corrected chi connectivity index (χ1v) is 6.41. The second kappa shape index (κ2) is 5.32. The predicted molar refractivity (Wildman–Crippen MR) is 67.5 cm³/mol. The normalized spacial score (nSPS) is 17.0. The summed E-state index contributed by atoms with van der Waals surface area (Å²) in [6.07, 6.45) is 0. The Kier molecular flexibility index (Phi) is 3.97. The van der Waals surface area contributed by atoms with Gasteiger partial charge >= 0.3 is 0 Å². The van der Waals surface area contributed by atoms with E-state index in [2.05, 4.69) is 20.8 Å². The molecule has 1 heterocycles. The summed E-state index contributed by atoms with van der Waals surface area (Å²) >= 11 is 3.10. The number of hydrogen-bond acceptors (Lipinski definition) is 2. The predicted octanol–water partition coefficient (Wildman–Crippen LogP) is 2.11. The molecule has 98 valence electrons. The Morgan fingerprint density at radius 3 is 2.44 bits per heavy atom. The molecular weight excluding hydrogens is 306 g/mol. The van der Waals surface area contributed by atoms with Crippen molar-refractivity contribution in [3.63, 3.8) is 0 Å². The van der Waals surface area contributed by atoms with Crippen LogP contribution in [-0.4, -0.2) is 48.9 Å². The maximum Gasteiger partial charge on any atom is 0.258 e. The Morgan fingerprint density at radius 1 is 1.22 bits per heavy atom. The maximum atomic E-state index is 13.7. The van der Waals surface area contributed by atoms with Crippen LogP contribution >= 0.6 is 15.9 Å². The van der Waals surface area contributed by atoms with E-state index in [0.29, 0.717) is 13.1 Å². The van der Waals surface area contributed by atoms with E-state index >= 15 is 0 Å². The summed E-state index contributed by atoms with van der Waals surface area (Å²) in [6.45, 7) is 2.52. The zero-order valence-electron chi connectivity index (χ0n) is 9.92. The van der Waals surface area contributed by atoms with Crippen LogP contribution in [0.2, 0.25) is 0 Å². The lowest BCUT2D eigenvalue weighted by Crippen LogP contribution is -2.47. The number of carbonyl (C=O) groups excluding carboxylic acids is 1. The second-order valence-electron chi connectivity index (χ2n) is 4.31. The van der Waals surface area contributed by atoms with Crippen LogP contribution in [0.5, 0.6) is 0 Å². The number of rotatable bonds is 1. The van der Waals surface area contributed by atoms with Crippen molar-refractivity contribution in [1.29, 1.82) is 0 Å². The van der Waals surface area contributed by atoms with Crippen LogP contribution < -0.4 is 0 Å². The molecule has 1 aromatic carbocycles. The average Bonchev–Trinajstić information content (AvgIpc) is 2.35. The summed E-state index contributed by atoms with van der Waals surface area (Å²) in [5.41, 5.74) is -0.223. The number of amides is 1. The summed E-state index contributed by atoms with van der Waals surface area (Å²) in [5.74, 6) is -2.56. The van der Waals surface area contributed by atoms with Crippen molar-refractivity contribution < 1.29 is 13.6 Å². The molecule has 0 atom stereocenters. The lowest BCUT2D eigenvalue weighted by molar-refractivity contribution is 0.0657. The standard InChI is InChI=1S/C12H13BrF2N2O/c1-16-4-6-17(7-5-16)12(18)10-8(13)2-3-9(14)11(10)15/h2-3H,4-7H2,1H3. The molecule has 0 unspecified atom stereocenters. The molecule has 1 aliphatic heterocycles. The highest BCUT2D eigenvalue weighted by Crippen LogP contribution is 2.24. The van der Waals surface area contributed by atoms with E-state index in [0.717, 1.165) is 19.2 Å². The van der Waals surface area contributed by atoms with Gasteiger partial charge in [-0.3, -0.25) is 4.79 Å². The molecule has 1 aliphatic rings. The van der Waals surface area contributed by atoms with Gasteiger partial charge in [0.05, 0.1) is 5.56 Å². The molecule has 18 heavy (non-hydrogen) atoms. The maximum absolute atomic E-state index is 13.7. The van der Waals surface area contributed by atoms with Crippen LogP contribution in [0.15, 0.2) is 16.6 Å². The molecule has 0 aromatic heterocycles. The number of carbonyl (C=O) groups is 1. The first-order valence-electron chi connectivity index (χ1n) is 5.62. The van der Waals surface area contributed by atoms with E-state index in [1.165, 1.54) is 6.07 Å². The van der Waals surface area contributed by atoms with E-state index in [-0.39, 0.29) is 10.0 Å². The summed E-state index contributed by atoms with van der Waals surface area (Å²) < 4.78 is 27.1. The third-order valence-electron chi connectivity index (χ3n) is 3.05. The molecule has 1 fully saturated rings. The molecule has 0 spiro atoms. The minimum atomic E-state index is -1.09. The molecule has 2 rings (SSSR count). The second-order valence-corrected chi connectivity index (χ2v) is 5.17. The molecule has 0 radical (unpaired) electrons. The van der Waals surface area contributed by atoms with Crippen molar-refractivity contribution in [2.45, 2.75) is 0 Å². The van der Waals surface area contributed by atoms with Crippen molar-refractivity contribution in [2.75, 3.05) is 33.2 Å². The van der Waals surface area contributed by atoms with E-state index < -0.39 is 17.5 Å². The minimum Gasteiger partial charge on any atom is -0.336 e. The van der Waals surface area contributed by atoms with Crippen molar-refractivity contribution in [3.8, 4) is 0 Å². The summed E-state index contributed by atoms with van der Waals surface area (Å²) in [4.78, 5) is 15.8. The van der Waals surface area contributed by atoms with Crippen LogP contribution in [-0.2, 0) is 0 Å². The molecule has 1 aromatic rings. The fourth-order valence-corrected chi connectivity index (χ4v) is 2.37. The number of halogens is 3. The molecule has 1 saturated heterocycles. The van der Waals surface area contributed by atoms with Gasteiger partial charge in [0, 0.05) is 30.7 Å². The Morgan fingerprint density at radius 2 is 1.83 bits per heavy atom. The molecule has 0 N–H and O–H groups in total.